The lowest BCUT2D eigenvalue weighted by Gasteiger charge is -2.11. The van der Waals surface area contributed by atoms with Crippen molar-refractivity contribution in [1.29, 1.82) is 0 Å². The Balaban J connectivity index is 1.79. The van der Waals surface area contributed by atoms with Gasteiger partial charge in [0.15, 0.2) is 5.65 Å². The Morgan fingerprint density at radius 3 is 2.59 bits per heavy atom. The zero-order chi connectivity index (χ0) is 22.2. The van der Waals surface area contributed by atoms with Crippen LogP contribution in [-0.4, -0.2) is 34.3 Å². The van der Waals surface area contributed by atoms with Crippen LogP contribution < -0.4 is 11.4 Å². The van der Waals surface area contributed by atoms with Gasteiger partial charge in [-0.15, -0.1) is 5.10 Å². The van der Waals surface area contributed by atoms with Gasteiger partial charge in [-0.3, -0.25) is 4.98 Å². The number of nitrogens with zero attached hydrogens (tertiary/aromatic N) is 7. The number of nitrogen functional groups attached to an aromatic ring is 1. The average Bonchev–Trinajstić information content (AvgIpc) is 3.12. The van der Waals surface area contributed by atoms with E-state index in [1.807, 2.05) is 43.3 Å². The van der Waals surface area contributed by atoms with E-state index in [1.165, 1.54) is 21.2 Å². The van der Waals surface area contributed by atoms with Crippen molar-refractivity contribution in [1.82, 2.24) is 34.3 Å². The van der Waals surface area contributed by atoms with Crippen LogP contribution in [-0.2, 0) is 6.54 Å². The number of pyridine rings is 1. The predicted molar refractivity (Wildman–Crippen MR) is 116 cm³/mol. The first-order valence-corrected chi connectivity index (χ1v) is 9.76. The fraction of sp³-hybridized carbons (Fsp3) is 0.0909. The molecule has 5 rings (SSSR count). The van der Waals surface area contributed by atoms with E-state index in [2.05, 4.69) is 25.3 Å². The molecule has 1 aromatic carbocycles. The lowest BCUT2D eigenvalue weighted by molar-refractivity contribution is 0.609. The molecule has 4 aromatic heterocycles. The topological polar surface area (TPSA) is 117 Å². The van der Waals surface area contributed by atoms with Crippen LogP contribution in [0.2, 0.25) is 0 Å². The first kappa shape index (κ1) is 19.5. The van der Waals surface area contributed by atoms with Gasteiger partial charge < -0.3 is 5.73 Å². The zero-order valence-electron chi connectivity index (χ0n) is 17.0. The van der Waals surface area contributed by atoms with Crippen molar-refractivity contribution < 1.29 is 4.39 Å². The van der Waals surface area contributed by atoms with Crippen LogP contribution in [0, 0.1) is 12.7 Å². The lowest BCUT2D eigenvalue weighted by atomic mass is 10.0. The summed E-state index contributed by atoms with van der Waals surface area (Å²) in [6.07, 6.45) is 2.69. The predicted octanol–water partition coefficient (Wildman–Crippen LogP) is 2.49. The van der Waals surface area contributed by atoms with Crippen molar-refractivity contribution in [3.8, 4) is 22.4 Å². The molecule has 5 aromatic rings. The van der Waals surface area contributed by atoms with Crippen molar-refractivity contribution in [2.45, 2.75) is 13.5 Å². The zero-order valence-corrected chi connectivity index (χ0v) is 17.0. The molecule has 0 aliphatic carbocycles. The largest absolute Gasteiger partial charge is 0.369 e. The van der Waals surface area contributed by atoms with E-state index in [-0.39, 0.29) is 12.5 Å². The molecule has 2 N–H and O–H groups in total. The Morgan fingerprint density at radius 1 is 1.06 bits per heavy atom. The third-order valence-electron chi connectivity index (χ3n) is 4.97. The molecule has 10 heteroatoms. The number of anilines is 1. The maximum absolute atomic E-state index is 13.2. The maximum atomic E-state index is 13.2. The van der Waals surface area contributed by atoms with Crippen LogP contribution >= 0.6 is 0 Å². The van der Waals surface area contributed by atoms with Crippen LogP contribution in [0.5, 0.6) is 0 Å². The minimum Gasteiger partial charge on any atom is -0.369 e. The SMILES string of the molecule is Cc1cc(-c2c(-c3ccccc3)nc(N)n3c(=O)n(Cc4ccc(F)cn4)nc23)cnn1. The second kappa shape index (κ2) is 7.65. The summed E-state index contributed by atoms with van der Waals surface area (Å²) in [5.41, 5.74) is 9.93. The smallest absolute Gasteiger partial charge is 0.353 e. The first-order chi connectivity index (χ1) is 15.5. The highest BCUT2D eigenvalue weighted by Gasteiger charge is 2.22. The molecule has 0 saturated carbocycles. The van der Waals surface area contributed by atoms with Gasteiger partial charge in [-0.05, 0) is 25.1 Å². The molecule has 9 nitrogen and oxygen atoms in total. The van der Waals surface area contributed by atoms with E-state index in [0.717, 1.165) is 11.8 Å². The van der Waals surface area contributed by atoms with Gasteiger partial charge in [-0.25, -0.2) is 23.3 Å². The van der Waals surface area contributed by atoms with Gasteiger partial charge in [0.05, 0.1) is 41.6 Å². The highest BCUT2D eigenvalue weighted by atomic mass is 19.1. The molecule has 4 heterocycles. The standard InChI is InChI=1S/C22H17FN8O/c1-13-9-15(10-26-28-13)18-19(14-5-3-2-4-6-14)27-21(24)31-20(18)29-30(22(31)32)12-17-8-7-16(23)11-25-17/h2-11H,12H2,1H3,(H2,24,27). The fourth-order valence-corrected chi connectivity index (χ4v) is 3.54. The Morgan fingerprint density at radius 2 is 1.88 bits per heavy atom. The lowest BCUT2D eigenvalue weighted by Crippen LogP contribution is -2.24. The van der Waals surface area contributed by atoms with Gasteiger partial charge in [0, 0.05) is 11.1 Å². The van der Waals surface area contributed by atoms with Crippen molar-refractivity contribution in [3.05, 3.63) is 88.6 Å². The number of halogens is 1. The number of rotatable bonds is 4. The van der Waals surface area contributed by atoms with E-state index in [1.54, 1.807) is 6.20 Å². The molecule has 0 aliphatic heterocycles. The van der Waals surface area contributed by atoms with E-state index >= 15 is 0 Å². The summed E-state index contributed by atoms with van der Waals surface area (Å²) in [6.45, 7) is 1.87. The second-order valence-electron chi connectivity index (χ2n) is 7.21. The second-order valence-corrected chi connectivity index (χ2v) is 7.21. The Hall–Kier alpha value is -4.47. The van der Waals surface area contributed by atoms with Crippen molar-refractivity contribution in [3.63, 3.8) is 0 Å². The van der Waals surface area contributed by atoms with Crippen molar-refractivity contribution in [2.24, 2.45) is 0 Å². The molecule has 0 fully saturated rings. The highest BCUT2D eigenvalue weighted by Crippen LogP contribution is 2.34. The number of nitrogens with two attached hydrogens (primary N) is 1. The Kier molecular flexibility index (Phi) is 4.66. The molecule has 0 unspecified atom stereocenters. The van der Waals surface area contributed by atoms with Crippen LogP contribution in [0.25, 0.3) is 28.0 Å². The molecule has 0 bridgehead atoms. The first-order valence-electron chi connectivity index (χ1n) is 9.76. The summed E-state index contributed by atoms with van der Waals surface area (Å²) >= 11 is 0. The van der Waals surface area contributed by atoms with Crippen LogP contribution in [0.1, 0.15) is 11.4 Å². The average molecular weight is 428 g/mol. The third kappa shape index (κ3) is 3.37. The molecule has 0 atom stereocenters. The summed E-state index contributed by atoms with van der Waals surface area (Å²) in [6, 6.07) is 14.1. The van der Waals surface area contributed by atoms with Crippen molar-refractivity contribution >= 4 is 11.6 Å². The fourth-order valence-electron chi connectivity index (χ4n) is 3.54. The summed E-state index contributed by atoms with van der Waals surface area (Å²) in [5.74, 6) is -0.454. The monoisotopic (exact) mass is 428 g/mol. The van der Waals surface area contributed by atoms with Crippen LogP contribution in [0.4, 0.5) is 10.3 Å². The quantitative estimate of drug-likeness (QED) is 0.467. The number of aryl methyl sites for hydroxylation is 1. The number of hydrogen-bond acceptors (Lipinski definition) is 7. The molecular weight excluding hydrogens is 411 g/mol. The summed E-state index contributed by atoms with van der Waals surface area (Å²) < 4.78 is 15.7. The third-order valence-corrected chi connectivity index (χ3v) is 4.97. The molecule has 0 radical (unpaired) electrons. The van der Waals surface area contributed by atoms with Crippen LogP contribution in [0.15, 0.2) is 65.7 Å². The molecule has 0 amide bonds. The molecule has 0 aliphatic rings. The van der Waals surface area contributed by atoms with E-state index in [4.69, 9.17) is 5.73 Å². The maximum Gasteiger partial charge on any atom is 0.353 e. The minimum absolute atomic E-state index is 0.00431. The van der Waals surface area contributed by atoms with E-state index in [0.29, 0.717) is 33.9 Å². The Labute approximate surface area is 181 Å². The van der Waals surface area contributed by atoms with Gasteiger partial charge in [-0.1, -0.05) is 30.3 Å². The molecule has 32 heavy (non-hydrogen) atoms. The summed E-state index contributed by atoms with van der Waals surface area (Å²) in [7, 11) is 0. The highest BCUT2D eigenvalue weighted by molar-refractivity contribution is 5.90. The molecule has 0 saturated heterocycles. The number of hydrogen-bond donors (Lipinski definition) is 1. The minimum atomic E-state index is -0.476. The normalized spacial score (nSPS) is 11.2. The van der Waals surface area contributed by atoms with Crippen molar-refractivity contribution in [2.75, 3.05) is 5.73 Å². The Bertz CT molecular complexity index is 1490. The van der Waals surface area contributed by atoms with Gasteiger partial charge in [0.25, 0.3) is 0 Å². The molecule has 0 spiro atoms. The van der Waals surface area contributed by atoms with Gasteiger partial charge in [-0.2, -0.15) is 10.2 Å². The summed E-state index contributed by atoms with van der Waals surface area (Å²) in [5, 5.41) is 12.6. The number of aromatic nitrogens is 7. The number of benzene rings is 1. The summed E-state index contributed by atoms with van der Waals surface area (Å²) in [4.78, 5) is 21.7. The molecular formula is C22H17FN8O. The number of fused-ring (bicyclic) bond motifs is 1. The van der Waals surface area contributed by atoms with Gasteiger partial charge >= 0.3 is 5.69 Å². The molecule has 158 valence electrons. The van der Waals surface area contributed by atoms with Crippen LogP contribution in [0.3, 0.4) is 0 Å². The van der Waals surface area contributed by atoms with E-state index < -0.39 is 11.5 Å². The van der Waals surface area contributed by atoms with Gasteiger partial charge in [0.2, 0.25) is 5.95 Å². The van der Waals surface area contributed by atoms with E-state index in [9.17, 15) is 9.18 Å². The van der Waals surface area contributed by atoms with Gasteiger partial charge in [0.1, 0.15) is 5.82 Å².